The summed E-state index contributed by atoms with van der Waals surface area (Å²) in [5.74, 6) is 1.86. The largest absolute Gasteiger partial charge is 1.00 e. The van der Waals surface area contributed by atoms with E-state index in [1.54, 1.807) is 35.9 Å². The first-order chi connectivity index (χ1) is 15.6. The van der Waals surface area contributed by atoms with Crippen LogP contribution in [-0.2, 0) is 23.3 Å². The number of halogens is 1. The molecule has 0 aliphatic heterocycles. The third-order valence-electron chi connectivity index (χ3n) is 4.85. The Morgan fingerprint density at radius 2 is 1.03 bits per heavy atom. The fraction of sp³-hybridized carbons (Fsp3) is 0.0714. The van der Waals surface area contributed by atoms with Gasteiger partial charge in [-0.3, -0.25) is 0 Å². The van der Waals surface area contributed by atoms with E-state index < -0.39 is 0 Å². The van der Waals surface area contributed by atoms with E-state index >= 15 is 0 Å². The predicted octanol–water partition coefficient (Wildman–Crippen LogP) is 5.43. The Hall–Kier alpha value is -2.39. The molecule has 0 fully saturated rings. The summed E-state index contributed by atoms with van der Waals surface area (Å²) in [5, 5.41) is 5.05. The predicted molar refractivity (Wildman–Crippen MR) is 132 cm³/mol. The van der Waals surface area contributed by atoms with Crippen LogP contribution in [0.2, 0.25) is 13.1 Å². The molecular weight excluding hydrogens is 523 g/mol. The number of furan rings is 2. The molecule has 2 heterocycles. The Bertz CT molecular complexity index is 1230. The Morgan fingerprint density at radius 3 is 1.36 bits per heavy atom. The van der Waals surface area contributed by atoms with Crippen molar-refractivity contribution in [1.82, 2.24) is 0 Å². The molecule has 166 valence electrons. The number of hydrogen-bond acceptors (Lipinski definition) is 2. The Labute approximate surface area is 215 Å². The van der Waals surface area contributed by atoms with Crippen LogP contribution in [0.25, 0.3) is 44.2 Å². The second-order valence-electron chi connectivity index (χ2n) is 7.70. The smallest absolute Gasteiger partial charge is 0.0796 e. The Balaban J connectivity index is 0.000000156. The van der Waals surface area contributed by atoms with E-state index in [1.165, 1.54) is 21.5 Å². The van der Waals surface area contributed by atoms with Gasteiger partial charge in [-0.05, 0) is 12.1 Å². The van der Waals surface area contributed by atoms with Crippen LogP contribution in [-0.4, -0.2) is 5.43 Å². The van der Waals surface area contributed by atoms with Gasteiger partial charge in [0.1, 0.15) is 0 Å². The molecule has 0 bridgehead atoms. The van der Waals surface area contributed by atoms with Crippen molar-refractivity contribution in [2.24, 2.45) is 0 Å². The summed E-state index contributed by atoms with van der Waals surface area (Å²) in [6.45, 7) is 4.62. The third kappa shape index (κ3) is 6.80. The zero-order valence-corrected chi connectivity index (χ0v) is 22.8. The summed E-state index contributed by atoms with van der Waals surface area (Å²) < 4.78 is 10.7. The second kappa shape index (κ2) is 12.2. The van der Waals surface area contributed by atoms with Gasteiger partial charge < -0.3 is 21.2 Å². The fourth-order valence-corrected chi connectivity index (χ4v) is 3.47. The van der Waals surface area contributed by atoms with E-state index in [1.807, 2.05) is 48.5 Å². The molecule has 0 spiro atoms. The molecular formula is C28H24ClO2SiZr-3. The first kappa shape index (κ1) is 25.2. The van der Waals surface area contributed by atoms with Gasteiger partial charge >= 0.3 is 41.9 Å². The second-order valence-corrected chi connectivity index (χ2v) is 17.1. The average Bonchev–Trinajstić information content (AvgIpc) is 3.59. The number of fused-ring (bicyclic) bond motifs is 2. The molecule has 5 heteroatoms. The van der Waals surface area contributed by atoms with Gasteiger partial charge in [0.25, 0.3) is 0 Å². The van der Waals surface area contributed by atoms with Crippen molar-refractivity contribution in [2.75, 3.05) is 0 Å². The minimum Gasteiger partial charge on any atom is -1.00 e. The molecule has 0 aliphatic rings. The summed E-state index contributed by atoms with van der Waals surface area (Å²) in [6.07, 6.45) is 3.40. The minimum atomic E-state index is 0. The molecule has 0 unspecified atom stereocenters. The average molecular weight is 547 g/mol. The van der Waals surface area contributed by atoms with Crippen LogP contribution in [0.15, 0.2) is 118 Å². The van der Waals surface area contributed by atoms with Gasteiger partial charge in [-0.2, -0.15) is 0 Å². The fourth-order valence-electron chi connectivity index (χ4n) is 3.47. The van der Waals surface area contributed by atoms with Crippen molar-refractivity contribution in [1.29, 1.82) is 0 Å². The number of hydrogen-bond donors (Lipinski definition) is 0. The van der Waals surface area contributed by atoms with Crippen LogP contribution in [0, 0.1) is 0 Å². The summed E-state index contributed by atoms with van der Waals surface area (Å²) in [7, 11) is 0. The first-order valence-corrected chi connectivity index (χ1v) is 16.7. The van der Waals surface area contributed by atoms with Crippen LogP contribution in [0.3, 0.4) is 0 Å². The van der Waals surface area contributed by atoms with Crippen LogP contribution < -0.4 is 12.4 Å². The topological polar surface area (TPSA) is 26.3 Å². The summed E-state index contributed by atoms with van der Waals surface area (Å²) >= 11 is 1.74. The molecule has 2 nitrogen and oxygen atoms in total. The van der Waals surface area contributed by atoms with Gasteiger partial charge in [-0.25, -0.2) is 0 Å². The van der Waals surface area contributed by atoms with Crippen LogP contribution >= 0.6 is 0 Å². The quantitative estimate of drug-likeness (QED) is 0.214. The van der Waals surface area contributed by atoms with E-state index in [0.29, 0.717) is 0 Å². The van der Waals surface area contributed by atoms with Crippen molar-refractivity contribution >= 4 is 27.0 Å². The van der Waals surface area contributed by atoms with Gasteiger partial charge in [0.05, 0.1) is 24.0 Å². The van der Waals surface area contributed by atoms with Crippen molar-refractivity contribution in [2.45, 2.75) is 13.1 Å². The minimum absolute atomic E-state index is 0. The van der Waals surface area contributed by atoms with Gasteiger partial charge in [-0.1, -0.05) is 59.7 Å². The molecule has 0 atom stereocenters. The molecule has 6 aromatic rings. The van der Waals surface area contributed by atoms with E-state index in [-0.39, 0.29) is 17.8 Å². The van der Waals surface area contributed by atoms with Crippen LogP contribution in [0.5, 0.6) is 0 Å². The van der Waals surface area contributed by atoms with E-state index in [2.05, 4.69) is 61.6 Å². The van der Waals surface area contributed by atoms with E-state index in [9.17, 15) is 0 Å². The molecule has 0 aliphatic carbocycles. The first-order valence-electron chi connectivity index (χ1n) is 10.5. The van der Waals surface area contributed by atoms with Crippen LogP contribution in [0.4, 0.5) is 0 Å². The monoisotopic (exact) mass is 545 g/mol. The zero-order chi connectivity index (χ0) is 22.3. The van der Waals surface area contributed by atoms with E-state index in [4.69, 9.17) is 8.83 Å². The third-order valence-corrected chi connectivity index (χ3v) is 4.85. The Morgan fingerprint density at radius 1 is 0.636 bits per heavy atom. The SMILES string of the molecule is C[Si](C)=[Zr].[Cl-].c1coc(-c2cc3ccccc3[cH-]2)c1.c1coc(-c2cc3ccccc3[cH-]2)c1. The summed E-state index contributed by atoms with van der Waals surface area (Å²) in [6, 6.07) is 33.0. The molecule has 4 aromatic carbocycles. The molecule has 6 rings (SSSR count). The molecule has 0 N–H and O–H groups in total. The standard InChI is InChI=1S/2C13H9O.C2H6Si.ClH.Zr/c2*1-2-5-11-9-12(8-10(11)4-1)13-6-3-7-14-13;1-3-2;;/h2*1-9H;1-2H3;1H;/q2*-1;;;/p-1. The summed E-state index contributed by atoms with van der Waals surface area (Å²) in [4.78, 5) is 0. The summed E-state index contributed by atoms with van der Waals surface area (Å²) in [5.41, 5.74) is 2.51. The molecule has 0 radical (unpaired) electrons. The molecule has 0 saturated carbocycles. The maximum atomic E-state index is 5.35. The van der Waals surface area contributed by atoms with E-state index in [0.717, 1.165) is 22.6 Å². The molecule has 0 saturated heterocycles. The van der Waals surface area contributed by atoms with Crippen LogP contribution in [0.1, 0.15) is 0 Å². The number of benzene rings is 2. The number of rotatable bonds is 2. The zero-order valence-electron chi connectivity index (χ0n) is 18.6. The van der Waals surface area contributed by atoms with Gasteiger partial charge in [-0.15, -0.1) is 57.9 Å². The van der Waals surface area contributed by atoms with Crippen molar-refractivity contribution < 1.29 is 44.6 Å². The van der Waals surface area contributed by atoms with Gasteiger partial charge in [0.15, 0.2) is 0 Å². The maximum Gasteiger partial charge on any atom is 0.0796 e. The van der Waals surface area contributed by atoms with Gasteiger partial charge in [0.2, 0.25) is 0 Å². The molecule has 0 amide bonds. The molecule has 33 heavy (non-hydrogen) atoms. The van der Waals surface area contributed by atoms with Crippen molar-refractivity contribution in [3.05, 3.63) is 110 Å². The van der Waals surface area contributed by atoms with Crippen molar-refractivity contribution in [3.8, 4) is 22.6 Å². The Kier molecular flexibility index (Phi) is 9.31. The van der Waals surface area contributed by atoms with Gasteiger partial charge in [0, 0.05) is 0 Å². The maximum absolute atomic E-state index is 5.35. The molecule has 2 aromatic heterocycles. The normalized spacial score (nSPS) is 9.97. The van der Waals surface area contributed by atoms with Crippen molar-refractivity contribution in [3.63, 3.8) is 0 Å².